The van der Waals surface area contributed by atoms with Crippen molar-refractivity contribution in [1.82, 2.24) is 24.6 Å². The normalized spacial score (nSPS) is 22.4. The van der Waals surface area contributed by atoms with Crippen molar-refractivity contribution < 1.29 is 4.79 Å². The van der Waals surface area contributed by atoms with Crippen LogP contribution < -0.4 is 4.90 Å². The molecule has 0 N–H and O–H groups in total. The van der Waals surface area contributed by atoms with Crippen LogP contribution in [0.4, 0.5) is 5.82 Å². The van der Waals surface area contributed by atoms with Crippen LogP contribution in [-0.2, 0) is 24.8 Å². The van der Waals surface area contributed by atoms with Crippen LogP contribution in [-0.4, -0.2) is 50.2 Å². The minimum Gasteiger partial charge on any atom is -0.298 e. The van der Waals surface area contributed by atoms with Crippen molar-refractivity contribution in [3.63, 3.8) is 0 Å². The van der Waals surface area contributed by atoms with E-state index in [1.807, 2.05) is 16.6 Å². The van der Waals surface area contributed by atoms with Gasteiger partial charge >= 0.3 is 0 Å². The molecule has 1 amide bonds. The van der Waals surface area contributed by atoms with E-state index in [9.17, 15) is 4.79 Å². The molecule has 5 rings (SSSR count). The number of likely N-dealkylation sites (tertiary alicyclic amines) is 1. The van der Waals surface area contributed by atoms with E-state index >= 15 is 0 Å². The van der Waals surface area contributed by atoms with Gasteiger partial charge in [-0.25, -0.2) is 9.97 Å². The van der Waals surface area contributed by atoms with E-state index < -0.39 is 0 Å². The average molecular weight is 409 g/mol. The number of fused-ring (bicyclic) bond motifs is 1. The van der Waals surface area contributed by atoms with Crippen LogP contribution in [0.3, 0.4) is 0 Å². The van der Waals surface area contributed by atoms with Gasteiger partial charge in [0, 0.05) is 62.0 Å². The van der Waals surface area contributed by atoms with Crippen molar-refractivity contribution in [2.75, 3.05) is 24.5 Å². The van der Waals surface area contributed by atoms with E-state index in [-0.39, 0.29) is 5.91 Å². The molecule has 7 heteroatoms. The van der Waals surface area contributed by atoms with Gasteiger partial charge in [-0.15, -0.1) is 0 Å². The molecule has 0 spiro atoms. The topological polar surface area (TPSA) is 67.2 Å². The first-order valence-electron chi connectivity index (χ1n) is 11.4. The SMILES string of the molecule is Cc1nn(C)cc1CN1CCCC(c2nc(C)c3c(n2)N(CC2CC2)C(=O)CC3)C1. The first kappa shape index (κ1) is 19.7. The summed E-state index contributed by atoms with van der Waals surface area (Å²) in [6.45, 7) is 7.99. The Hall–Kier alpha value is -2.28. The van der Waals surface area contributed by atoms with Gasteiger partial charge in [0.25, 0.3) is 0 Å². The predicted octanol–water partition coefficient (Wildman–Crippen LogP) is 2.90. The number of hydrogen-bond donors (Lipinski definition) is 0. The number of aryl methyl sites for hydroxylation is 3. The highest BCUT2D eigenvalue weighted by atomic mass is 16.2. The van der Waals surface area contributed by atoms with Crippen LogP contribution in [0, 0.1) is 19.8 Å². The van der Waals surface area contributed by atoms with Gasteiger partial charge < -0.3 is 0 Å². The average Bonchev–Trinajstić information content (AvgIpc) is 3.48. The summed E-state index contributed by atoms with van der Waals surface area (Å²) < 4.78 is 1.90. The minimum atomic E-state index is 0.232. The first-order valence-corrected chi connectivity index (χ1v) is 11.4. The lowest BCUT2D eigenvalue weighted by molar-refractivity contribution is -0.119. The van der Waals surface area contributed by atoms with Gasteiger partial charge in [-0.3, -0.25) is 19.3 Å². The number of carbonyl (C=O) groups is 1. The Kier molecular flexibility index (Phi) is 5.09. The number of rotatable bonds is 5. The summed E-state index contributed by atoms with van der Waals surface area (Å²) in [5.41, 5.74) is 4.64. The zero-order chi connectivity index (χ0) is 20.8. The van der Waals surface area contributed by atoms with Crippen molar-refractivity contribution >= 4 is 11.7 Å². The number of hydrogen-bond acceptors (Lipinski definition) is 5. The molecule has 1 atom stereocenters. The van der Waals surface area contributed by atoms with Crippen molar-refractivity contribution in [2.45, 2.75) is 64.8 Å². The number of piperidine rings is 1. The third-order valence-corrected chi connectivity index (χ3v) is 6.87. The fraction of sp³-hybridized carbons (Fsp3) is 0.652. The highest BCUT2D eigenvalue weighted by Crippen LogP contribution is 2.36. The monoisotopic (exact) mass is 408 g/mol. The molecule has 0 bridgehead atoms. The summed E-state index contributed by atoms with van der Waals surface area (Å²) in [5.74, 6) is 3.04. The lowest BCUT2D eigenvalue weighted by atomic mass is 9.95. The maximum Gasteiger partial charge on any atom is 0.228 e. The fourth-order valence-corrected chi connectivity index (χ4v) is 4.99. The Morgan fingerprint density at radius 2 is 1.93 bits per heavy atom. The van der Waals surface area contributed by atoms with Crippen LogP contribution in [0.2, 0.25) is 0 Å². The van der Waals surface area contributed by atoms with E-state index in [0.717, 1.165) is 68.5 Å². The molecule has 2 aromatic heterocycles. The molecule has 160 valence electrons. The second-order valence-corrected chi connectivity index (χ2v) is 9.40. The number of anilines is 1. The third kappa shape index (κ3) is 3.87. The standard InChI is InChI=1S/C23H32N6O/c1-15-19(12-27(3)26-15)14-28-10-4-5-18(13-28)22-24-16(2)20-8-9-21(30)29(23(20)25-22)11-17-6-7-17/h12,17-18H,4-11,13-14H2,1-3H3. The number of carbonyl (C=O) groups excluding carboxylic acids is 1. The molecule has 2 aliphatic heterocycles. The van der Waals surface area contributed by atoms with Gasteiger partial charge in [0.15, 0.2) is 0 Å². The molecule has 0 radical (unpaired) electrons. The van der Waals surface area contributed by atoms with Gasteiger partial charge in [0.05, 0.1) is 5.69 Å². The van der Waals surface area contributed by atoms with Gasteiger partial charge in [0.2, 0.25) is 5.91 Å². The Labute approximate surface area is 178 Å². The van der Waals surface area contributed by atoms with Crippen LogP contribution in [0.5, 0.6) is 0 Å². The molecule has 1 saturated heterocycles. The Morgan fingerprint density at radius 1 is 1.10 bits per heavy atom. The summed E-state index contributed by atoms with van der Waals surface area (Å²) in [7, 11) is 1.98. The lowest BCUT2D eigenvalue weighted by Crippen LogP contribution is -2.39. The minimum absolute atomic E-state index is 0.232. The Bertz CT molecular complexity index is 963. The summed E-state index contributed by atoms with van der Waals surface area (Å²) >= 11 is 0. The zero-order valence-corrected chi connectivity index (χ0v) is 18.4. The van der Waals surface area contributed by atoms with E-state index in [1.165, 1.54) is 24.0 Å². The second kappa shape index (κ2) is 7.76. The van der Waals surface area contributed by atoms with Crippen LogP contribution >= 0.6 is 0 Å². The Balaban J connectivity index is 1.38. The quantitative estimate of drug-likeness (QED) is 0.761. The maximum absolute atomic E-state index is 12.7. The highest BCUT2D eigenvalue weighted by molar-refractivity contribution is 5.95. The Morgan fingerprint density at radius 3 is 2.67 bits per heavy atom. The molecule has 2 fully saturated rings. The zero-order valence-electron chi connectivity index (χ0n) is 18.4. The molecule has 2 aromatic rings. The molecule has 1 aliphatic carbocycles. The highest BCUT2D eigenvalue weighted by Gasteiger charge is 2.34. The van der Waals surface area contributed by atoms with Crippen molar-refractivity contribution in [2.24, 2.45) is 13.0 Å². The van der Waals surface area contributed by atoms with E-state index in [1.54, 1.807) is 0 Å². The number of amides is 1. The van der Waals surface area contributed by atoms with E-state index in [4.69, 9.17) is 9.97 Å². The molecular weight excluding hydrogens is 376 g/mol. The lowest BCUT2D eigenvalue weighted by Gasteiger charge is -2.34. The summed E-state index contributed by atoms with van der Waals surface area (Å²) in [6.07, 6.45) is 8.22. The molecule has 7 nitrogen and oxygen atoms in total. The molecule has 3 aliphatic rings. The van der Waals surface area contributed by atoms with E-state index in [2.05, 4.69) is 30.0 Å². The van der Waals surface area contributed by atoms with Gasteiger partial charge in [0.1, 0.15) is 11.6 Å². The maximum atomic E-state index is 12.7. The number of aromatic nitrogens is 4. The van der Waals surface area contributed by atoms with Crippen LogP contribution in [0.15, 0.2) is 6.20 Å². The van der Waals surface area contributed by atoms with E-state index in [0.29, 0.717) is 18.3 Å². The smallest absolute Gasteiger partial charge is 0.228 e. The molecular formula is C23H32N6O. The third-order valence-electron chi connectivity index (χ3n) is 6.87. The fourth-order valence-electron chi connectivity index (χ4n) is 4.99. The molecule has 0 aromatic carbocycles. The summed E-state index contributed by atoms with van der Waals surface area (Å²) in [4.78, 5) is 27.1. The molecule has 1 saturated carbocycles. The number of nitrogens with zero attached hydrogens (tertiary/aromatic N) is 6. The molecule has 4 heterocycles. The molecule has 1 unspecified atom stereocenters. The molecule has 30 heavy (non-hydrogen) atoms. The van der Waals surface area contributed by atoms with Gasteiger partial charge in [-0.05, 0) is 58.4 Å². The first-order chi connectivity index (χ1) is 14.5. The van der Waals surface area contributed by atoms with Crippen LogP contribution in [0.25, 0.3) is 0 Å². The van der Waals surface area contributed by atoms with Crippen molar-refractivity contribution in [3.05, 3.63) is 34.5 Å². The van der Waals surface area contributed by atoms with Crippen LogP contribution in [0.1, 0.15) is 66.4 Å². The van der Waals surface area contributed by atoms with Crippen molar-refractivity contribution in [1.29, 1.82) is 0 Å². The van der Waals surface area contributed by atoms with Gasteiger partial charge in [-0.2, -0.15) is 5.10 Å². The largest absolute Gasteiger partial charge is 0.298 e. The van der Waals surface area contributed by atoms with Gasteiger partial charge in [-0.1, -0.05) is 0 Å². The second-order valence-electron chi connectivity index (χ2n) is 9.40. The summed E-state index contributed by atoms with van der Waals surface area (Å²) in [5, 5.41) is 4.49. The van der Waals surface area contributed by atoms with Crippen molar-refractivity contribution in [3.8, 4) is 0 Å². The predicted molar refractivity (Wildman–Crippen MR) is 115 cm³/mol. The summed E-state index contributed by atoms with van der Waals surface area (Å²) in [6, 6.07) is 0.